The molecule has 1 aromatic heterocycles. The van der Waals surface area contributed by atoms with E-state index in [2.05, 4.69) is 15.5 Å². The lowest BCUT2D eigenvalue weighted by Gasteiger charge is -2.19. The smallest absolute Gasteiger partial charge is 0.257 e. The molecular formula is C17H23ClN4O2. The van der Waals surface area contributed by atoms with Crippen LogP contribution in [0, 0.1) is 11.8 Å². The first-order valence-electron chi connectivity index (χ1n) is 8.08. The molecule has 0 aliphatic heterocycles. The van der Waals surface area contributed by atoms with Crippen molar-refractivity contribution in [2.45, 2.75) is 32.2 Å². The van der Waals surface area contributed by atoms with E-state index in [1.165, 1.54) is 0 Å². The molecule has 1 heterocycles. The van der Waals surface area contributed by atoms with Gasteiger partial charge in [0.05, 0.1) is 6.04 Å². The molecule has 3 rings (SSSR count). The van der Waals surface area contributed by atoms with E-state index in [0.29, 0.717) is 18.3 Å². The van der Waals surface area contributed by atoms with Crippen LogP contribution in [0.15, 0.2) is 34.9 Å². The molecule has 24 heavy (non-hydrogen) atoms. The second-order valence-electron chi connectivity index (χ2n) is 6.09. The molecule has 1 saturated carbocycles. The number of carbonyl (C=O) groups is 1. The van der Waals surface area contributed by atoms with Crippen LogP contribution in [-0.2, 0) is 4.79 Å². The summed E-state index contributed by atoms with van der Waals surface area (Å²) >= 11 is 0. The van der Waals surface area contributed by atoms with Crippen molar-refractivity contribution in [3.63, 3.8) is 0 Å². The number of benzene rings is 1. The first-order valence-corrected chi connectivity index (χ1v) is 8.08. The predicted octanol–water partition coefficient (Wildman–Crippen LogP) is 2.71. The third-order valence-electron chi connectivity index (χ3n) is 4.51. The highest BCUT2D eigenvalue weighted by Crippen LogP contribution is 2.31. The van der Waals surface area contributed by atoms with Crippen molar-refractivity contribution in [3.05, 3.63) is 36.2 Å². The predicted molar refractivity (Wildman–Crippen MR) is 93.4 cm³/mol. The summed E-state index contributed by atoms with van der Waals surface area (Å²) in [7, 11) is 0. The van der Waals surface area contributed by atoms with Gasteiger partial charge in [0.25, 0.3) is 5.89 Å². The molecule has 0 spiro atoms. The van der Waals surface area contributed by atoms with Crippen molar-refractivity contribution in [2.24, 2.45) is 17.6 Å². The van der Waals surface area contributed by atoms with Crippen LogP contribution >= 0.6 is 12.4 Å². The van der Waals surface area contributed by atoms with Crippen LogP contribution in [0.1, 0.15) is 38.1 Å². The molecule has 1 aliphatic carbocycles. The lowest BCUT2D eigenvalue weighted by Crippen LogP contribution is -2.36. The maximum absolute atomic E-state index is 12.4. The van der Waals surface area contributed by atoms with Gasteiger partial charge < -0.3 is 15.6 Å². The fourth-order valence-corrected chi connectivity index (χ4v) is 3.16. The van der Waals surface area contributed by atoms with Crippen molar-refractivity contribution in [2.75, 3.05) is 6.54 Å². The molecule has 1 amide bonds. The number of aromatic nitrogens is 2. The van der Waals surface area contributed by atoms with Gasteiger partial charge in [0.1, 0.15) is 0 Å². The van der Waals surface area contributed by atoms with Crippen molar-refractivity contribution in [1.82, 2.24) is 15.5 Å². The van der Waals surface area contributed by atoms with E-state index in [1.54, 1.807) is 0 Å². The molecule has 0 bridgehead atoms. The summed E-state index contributed by atoms with van der Waals surface area (Å²) < 4.78 is 5.29. The van der Waals surface area contributed by atoms with Crippen molar-refractivity contribution in [1.29, 1.82) is 0 Å². The fourth-order valence-electron chi connectivity index (χ4n) is 3.16. The van der Waals surface area contributed by atoms with Gasteiger partial charge in [-0.25, -0.2) is 0 Å². The van der Waals surface area contributed by atoms with E-state index in [4.69, 9.17) is 10.3 Å². The molecule has 1 fully saturated rings. The summed E-state index contributed by atoms with van der Waals surface area (Å²) in [6.45, 7) is 2.43. The van der Waals surface area contributed by atoms with Gasteiger partial charge >= 0.3 is 0 Å². The van der Waals surface area contributed by atoms with Crippen molar-refractivity contribution in [3.8, 4) is 11.5 Å². The molecule has 1 unspecified atom stereocenters. The summed E-state index contributed by atoms with van der Waals surface area (Å²) in [6, 6.07) is 9.28. The molecule has 6 nitrogen and oxygen atoms in total. The molecule has 1 aromatic carbocycles. The highest BCUT2D eigenvalue weighted by Gasteiger charge is 2.33. The van der Waals surface area contributed by atoms with Crippen LogP contribution in [0.4, 0.5) is 0 Å². The van der Waals surface area contributed by atoms with E-state index < -0.39 is 0 Å². The largest absolute Gasteiger partial charge is 0.346 e. The average Bonchev–Trinajstić information content (AvgIpc) is 3.24. The first kappa shape index (κ1) is 18.4. The third kappa shape index (κ3) is 3.94. The van der Waals surface area contributed by atoms with Crippen LogP contribution in [0.2, 0.25) is 0 Å². The summed E-state index contributed by atoms with van der Waals surface area (Å²) in [4.78, 5) is 16.8. The number of rotatable bonds is 5. The Labute approximate surface area is 147 Å². The monoisotopic (exact) mass is 350 g/mol. The summed E-state index contributed by atoms with van der Waals surface area (Å²) in [5.41, 5.74) is 6.62. The summed E-state index contributed by atoms with van der Waals surface area (Å²) in [5, 5.41) is 6.97. The molecular weight excluding hydrogens is 328 g/mol. The number of nitrogens with one attached hydrogen (secondary N) is 1. The SMILES string of the molecule is CC(NC(=O)[C@@H]1CCC[C@@H]1CN)c1noc(-c2ccccc2)n1.Cl. The van der Waals surface area contributed by atoms with Crippen molar-refractivity contribution < 1.29 is 9.32 Å². The number of amides is 1. The van der Waals surface area contributed by atoms with Crippen molar-refractivity contribution >= 4 is 18.3 Å². The lowest BCUT2D eigenvalue weighted by molar-refractivity contribution is -0.126. The van der Waals surface area contributed by atoms with E-state index >= 15 is 0 Å². The Morgan fingerprint density at radius 3 is 2.83 bits per heavy atom. The highest BCUT2D eigenvalue weighted by atomic mass is 35.5. The third-order valence-corrected chi connectivity index (χ3v) is 4.51. The Morgan fingerprint density at radius 1 is 1.38 bits per heavy atom. The van der Waals surface area contributed by atoms with Gasteiger partial charge in [-0.2, -0.15) is 4.98 Å². The zero-order valence-electron chi connectivity index (χ0n) is 13.6. The number of halogens is 1. The Hall–Kier alpha value is -1.92. The van der Waals surface area contributed by atoms with Crippen LogP contribution in [0.5, 0.6) is 0 Å². The van der Waals surface area contributed by atoms with E-state index in [0.717, 1.165) is 24.8 Å². The minimum Gasteiger partial charge on any atom is -0.346 e. The van der Waals surface area contributed by atoms with Crippen LogP contribution < -0.4 is 11.1 Å². The molecule has 2 aromatic rings. The summed E-state index contributed by atoms with van der Waals surface area (Å²) in [5.74, 6) is 1.27. The Kier molecular flexibility index (Phi) is 6.34. The van der Waals surface area contributed by atoms with E-state index in [1.807, 2.05) is 37.3 Å². The Morgan fingerprint density at radius 2 is 2.12 bits per heavy atom. The quantitative estimate of drug-likeness (QED) is 0.864. The standard InChI is InChI=1S/C17H22N4O2.ClH/c1-11(19-16(22)14-9-5-8-13(14)10-18)15-20-17(23-21-15)12-6-3-2-4-7-12;/h2-4,6-7,11,13-14H,5,8-10,18H2,1H3,(H,19,22);1H/t11?,13-,14-;/m1./s1. The van der Waals surface area contributed by atoms with E-state index in [9.17, 15) is 4.79 Å². The van der Waals surface area contributed by atoms with Gasteiger partial charge in [0.2, 0.25) is 5.91 Å². The topological polar surface area (TPSA) is 94.0 Å². The molecule has 3 N–H and O–H groups in total. The second kappa shape index (κ2) is 8.26. The van der Waals surface area contributed by atoms with Crippen LogP contribution in [-0.4, -0.2) is 22.6 Å². The maximum atomic E-state index is 12.4. The van der Waals surface area contributed by atoms with Gasteiger partial charge in [-0.3, -0.25) is 4.79 Å². The highest BCUT2D eigenvalue weighted by molar-refractivity contribution is 5.85. The average molecular weight is 351 g/mol. The van der Waals surface area contributed by atoms with Crippen LogP contribution in [0.25, 0.3) is 11.5 Å². The van der Waals surface area contributed by atoms with Gasteiger partial charge in [0, 0.05) is 11.5 Å². The molecule has 0 radical (unpaired) electrons. The fraction of sp³-hybridized carbons (Fsp3) is 0.471. The molecule has 1 aliphatic rings. The number of nitrogens with two attached hydrogens (primary N) is 1. The number of hydrogen-bond donors (Lipinski definition) is 2. The normalized spacial score (nSPS) is 21.1. The Balaban J connectivity index is 0.00000208. The van der Waals surface area contributed by atoms with Gasteiger partial charge in [-0.05, 0) is 44.4 Å². The zero-order valence-corrected chi connectivity index (χ0v) is 14.5. The maximum Gasteiger partial charge on any atom is 0.257 e. The molecule has 0 saturated heterocycles. The van der Waals surface area contributed by atoms with Gasteiger partial charge in [-0.15, -0.1) is 12.4 Å². The van der Waals surface area contributed by atoms with Gasteiger partial charge in [0.15, 0.2) is 5.82 Å². The Bertz CT molecular complexity index is 662. The van der Waals surface area contributed by atoms with Crippen LogP contribution in [0.3, 0.4) is 0 Å². The lowest BCUT2D eigenvalue weighted by atomic mass is 9.95. The molecule has 130 valence electrons. The molecule has 3 atom stereocenters. The number of carbonyl (C=O) groups excluding carboxylic acids is 1. The summed E-state index contributed by atoms with van der Waals surface area (Å²) in [6.07, 6.45) is 3.00. The zero-order chi connectivity index (χ0) is 16.2. The first-order chi connectivity index (χ1) is 11.2. The minimum atomic E-state index is -0.289. The van der Waals surface area contributed by atoms with Gasteiger partial charge in [-0.1, -0.05) is 29.8 Å². The number of nitrogens with zero attached hydrogens (tertiary/aromatic N) is 2. The molecule has 7 heteroatoms. The minimum absolute atomic E-state index is 0. The second-order valence-corrected chi connectivity index (χ2v) is 6.09. The van der Waals surface area contributed by atoms with E-state index in [-0.39, 0.29) is 36.2 Å². The number of hydrogen-bond acceptors (Lipinski definition) is 5.